The van der Waals surface area contributed by atoms with Gasteiger partial charge in [-0.1, -0.05) is 19.1 Å². The quantitative estimate of drug-likeness (QED) is 0.825. The average Bonchev–Trinajstić information content (AvgIpc) is 2.25. The molecule has 3 heteroatoms. The highest BCUT2D eigenvalue weighted by Crippen LogP contribution is 2.26. The summed E-state index contributed by atoms with van der Waals surface area (Å²) in [6, 6.07) is 6.10. The molecule has 0 radical (unpaired) electrons. The minimum Gasteiger partial charge on any atom is -0.496 e. The maximum Gasteiger partial charge on any atom is 0.122 e. The molecule has 0 fully saturated rings. The number of hydrogen-bond acceptors (Lipinski definition) is 3. The number of nitrogens with two attached hydrogens (primary N) is 2. The van der Waals surface area contributed by atoms with Crippen molar-refractivity contribution in [3.63, 3.8) is 0 Å². The summed E-state index contributed by atoms with van der Waals surface area (Å²) in [4.78, 5) is 0. The molecule has 3 nitrogen and oxygen atoms in total. The molecule has 1 rings (SSSR count). The molecule has 0 aliphatic heterocycles. The molecule has 0 aliphatic rings. The van der Waals surface area contributed by atoms with E-state index in [2.05, 4.69) is 13.0 Å². The fourth-order valence-corrected chi connectivity index (χ4v) is 1.99. The van der Waals surface area contributed by atoms with Gasteiger partial charge in [0.15, 0.2) is 0 Å². The molecule has 1 unspecified atom stereocenters. The summed E-state index contributed by atoms with van der Waals surface area (Å²) in [7, 11) is 1.69. The molecular weight excluding hydrogens is 212 g/mol. The maximum atomic E-state index is 6.18. The van der Waals surface area contributed by atoms with E-state index in [-0.39, 0.29) is 11.6 Å². The monoisotopic (exact) mass is 236 g/mol. The van der Waals surface area contributed by atoms with Crippen molar-refractivity contribution in [2.45, 2.75) is 45.2 Å². The van der Waals surface area contributed by atoms with E-state index in [9.17, 15) is 0 Å². The third kappa shape index (κ3) is 4.02. The lowest BCUT2D eigenvalue weighted by Gasteiger charge is -2.24. The molecule has 0 saturated carbocycles. The number of hydrogen-bond donors (Lipinski definition) is 2. The topological polar surface area (TPSA) is 61.3 Å². The number of benzene rings is 1. The van der Waals surface area contributed by atoms with Crippen LogP contribution in [0.15, 0.2) is 18.2 Å². The highest BCUT2D eigenvalue weighted by Gasteiger charge is 2.18. The molecule has 0 aromatic heterocycles. The predicted octanol–water partition coefficient (Wildman–Crippen LogP) is 2.38. The van der Waals surface area contributed by atoms with Crippen LogP contribution in [-0.2, 0) is 6.42 Å². The smallest absolute Gasteiger partial charge is 0.122 e. The molecule has 0 amide bonds. The van der Waals surface area contributed by atoms with Gasteiger partial charge in [-0.15, -0.1) is 0 Å². The summed E-state index contributed by atoms with van der Waals surface area (Å²) in [6.45, 7) is 6.11. The number of aryl methyl sites for hydroxylation is 1. The van der Waals surface area contributed by atoms with Crippen LogP contribution in [0.1, 0.15) is 44.4 Å². The number of rotatable bonds is 5. The fraction of sp³-hybridized carbons (Fsp3) is 0.571. The van der Waals surface area contributed by atoms with Gasteiger partial charge in [-0.05, 0) is 43.9 Å². The van der Waals surface area contributed by atoms with Crippen molar-refractivity contribution >= 4 is 0 Å². The second-order valence-corrected chi connectivity index (χ2v) is 5.22. The second-order valence-electron chi connectivity index (χ2n) is 5.22. The van der Waals surface area contributed by atoms with Gasteiger partial charge in [0.25, 0.3) is 0 Å². The first-order valence-electron chi connectivity index (χ1n) is 6.08. The van der Waals surface area contributed by atoms with Crippen molar-refractivity contribution in [2.75, 3.05) is 7.11 Å². The van der Waals surface area contributed by atoms with Crippen LogP contribution < -0.4 is 16.2 Å². The summed E-state index contributed by atoms with van der Waals surface area (Å²) >= 11 is 0. The molecular formula is C14H24N2O. The van der Waals surface area contributed by atoms with Gasteiger partial charge in [0.05, 0.1) is 7.11 Å². The van der Waals surface area contributed by atoms with Gasteiger partial charge in [-0.2, -0.15) is 0 Å². The lowest BCUT2D eigenvalue weighted by atomic mass is 9.91. The second kappa shape index (κ2) is 5.52. The summed E-state index contributed by atoms with van der Waals surface area (Å²) < 4.78 is 5.31. The molecule has 0 saturated heterocycles. The average molecular weight is 236 g/mol. The molecule has 0 aliphatic carbocycles. The first-order valence-corrected chi connectivity index (χ1v) is 6.08. The summed E-state index contributed by atoms with van der Waals surface area (Å²) in [6.07, 6.45) is 1.71. The van der Waals surface area contributed by atoms with Crippen LogP contribution >= 0.6 is 0 Å². The van der Waals surface area contributed by atoms with Crippen molar-refractivity contribution in [3.05, 3.63) is 29.3 Å². The van der Waals surface area contributed by atoms with E-state index in [0.717, 1.165) is 24.2 Å². The molecule has 1 atom stereocenters. The van der Waals surface area contributed by atoms with Gasteiger partial charge in [0.1, 0.15) is 5.75 Å². The van der Waals surface area contributed by atoms with E-state index in [1.165, 1.54) is 5.56 Å². The Balaban J connectivity index is 2.92. The van der Waals surface area contributed by atoms with E-state index in [1.54, 1.807) is 7.11 Å². The van der Waals surface area contributed by atoms with Gasteiger partial charge in [0, 0.05) is 11.6 Å². The van der Waals surface area contributed by atoms with Gasteiger partial charge >= 0.3 is 0 Å². The van der Waals surface area contributed by atoms with E-state index < -0.39 is 0 Å². The fourth-order valence-electron chi connectivity index (χ4n) is 1.99. The Morgan fingerprint density at radius 1 is 1.35 bits per heavy atom. The standard InChI is InChI=1S/C14H24N2O/c1-5-10-8-11(6-7-13(10)17-4)12(15)9-14(2,3)16/h6-8,12H,5,9,15-16H2,1-4H3. The minimum absolute atomic E-state index is 0.0220. The van der Waals surface area contributed by atoms with Crippen LogP contribution in [-0.4, -0.2) is 12.6 Å². The van der Waals surface area contributed by atoms with Crippen LogP contribution in [0.4, 0.5) is 0 Å². The largest absolute Gasteiger partial charge is 0.496 e. The zero-order valence-corrected chi connectivity index (χ0v) is 11.3. The van der Waals surface area contributed by atoms with E-state index >= 15 is 0 Å². The predicted molar refractivity (Wildman–Crippen MR) is 72.2 cm³/mol. The Labute approximate surface area is 104 Å². The van der Waals surface area contributed by atoms with E-state index in [4.69, 9.17) is 16.2 Å². The highest BCUT2D eigenvalue weighted by atomic mass is 16.5. The normalized spacial score (nSPS) is 13.5. The lowest BCUT2D eigenvalue weighted by Crippen LogP contribution is -2.35. The molecule has 0 heterocycles. The Hall–Kier alpha value is -1.06. The van der Waals surface area contributed by atoms with Crippen LogP contribution in [0, 0.1) is 0 Å². The van der Waals surface area contributed by atoms with Crippen LogP contribution in [0.2, 0.25) is 0 Å². The Morgan fingerprint density at radius 3 is 2.47 bits per heavy atom. The Bertz CT molecular complexity index is 369. The molecule has 96 valence electrons. The highest BCUT2D eigenvalue weighted by molar-refractivity contribution is 5.38. The summed E-state index contributed by atoms with van der Waals surface area (Å²) in [5, 5.41) is 0. The third-order valence-corrected chi connectivity index (χ3v) is 2.86. The maximum absolute atomic E-state index is 6.18. The summed E-state index contributed by atoms with van der Waals surface area (Å²) in [5.74, 6) is 0.926. The zero-order valence-electron chi connectivity index (χ0n) is 11.3. The molecule has 1 aromatic carbocycles. The minimum atomic E-state index is -0.244. The van der Waals surface area contributed by atoms with Crippen molar-refractivity contribution in [1.29, 1.82) is 0 Å². The van der Waals surface area contributed by atoms with Crippen LogP contribution in [0.5, 0.6) is 5.75 Å². The van der Waals surface area contributed by atoms with Gasteiger partial charge < -0.3 is 16.2 Å². The Morgan fingerprint density at radius 2 is 2.00 bits per heavy atom. The molecule has 17 heavy (non-hydrogen) atoms. The SMILES string of the molecule is CCc1cc(C(N)CC(C)(C)N)ccc1OC. The van der Waals surface area contributed by atoms with E-state index in [1.807, 2.05) is 26.0 Å². The lowest BCUT2D eigenvalue weighted by molar-refractivity contribution is 0.408. The van der Waals surface area contributed by atoms with Gasteiger partial charge in [-0.25, -0.2) is 0 Å². The van der Waals surface area contributed by atoms with Crippen molar-refractivity contribution in [3.8, 4) is 5.75 Å². The van der Waals surface area contributed by atoms with Crippen LogP contribution in [0.25, 0.3) is 0 Å². The summed E-state index contributed by atoms with van der Waals surface area (Å²) in [5.41, 5.74) is 14.2. The van der Waals surface area contributed by atoms with Gasteiger partial charge in [-0.3, -0.25) is 0 Å². The first kappa shape index (κ1) is 14.0. The third-order valence-electron chi connectivity index (χ3n) is 2.86. The zero-order chi connectivity index (χ0) is 13.1. The van der Waals surface area contributed by atoms with Crippen molar-refractivity contribution < 1.29 is 4.74 Å². The first-order chi connectivity index (χ1) is 7.87. The molecule has 4 N–H and O–H groups in total. The molecule has 0 bridgehead atoms. The molecule has 1 aromatic rings. The Kier molecular flexibility index (Phi) is 4.54. The molecule has 0 spiro atoms. The number of methoxy groups -OCH3 is 1. The van der Waals surface area contributed by atoms with Crippen molar-refractivity contribution in [1.82, 2.24) is 0 Å². The van der Waals surface area contributed by atoms with Crippen LogP contribution in [0.3, 0.4) is 0 Å². The number of ether oxygens (including phenoxy) is 1. The van der Waals surface area contributed by atoms with E-state index in [0.29, 0.717) is 0 Å². The van der Waals surface area contributed by atoms with Gasteiger partial charge in [0.2, 0.25) is 0 Å². The van der Waals surface area contributed by atoms with Crippen molar-refractivity contribution in [2.24, 2.45) is 11.5 Å².